The normalized spacial score (nSPS) is 12.3. The largest absolute Gasteiger partial charge is 0.343 e. The number of hydrogen-bond donors (Lipinski definition) is 0. The van der Waals surface area contributed by atoms with Gasteiger partial charge in [0.1, 0.15) is 6.29 Å². The van der Waals surface area contributed by atoms with Crippen molar-refractivity contribution in [1.29, 1.82) is 0 Å². The third-order valence-corrected chi connectivity index (χ3v) is 1.67. The van der Waals surface area contributed by atoms with Gasteiger partial charge in [0.25, 0.3) is 0 Å². The van der Waals surface area contributed by atoms with E-state index in [-0.39, 0.29) is 5.91 Å². The second kappa shape index (κ2) is 4.88. The molecule has 0 radical (unpaired) electrons. The summed E-state index contributed by atoms with van der Waals surface area (Å²) in [6.07, 6.45) is 0.681. The van der Waals surface area contributed by atoms with Crippen LogP contribution in [0, 0.1) is 5.92 Å². The number of carbonyl (C=O) groups excluding carboxylic acids is 2. The first-order valence-electron chi connectivity index (χ1n) is 3.91. The summed E-state index contributed by atoms with van der Waals surface area (Å²) >= 11 is 0. The minimum Gasteiger partial charge on any atom is -0.343 e. The highest BCUT2D eigenvalue weighted by Gasteiger charge is 2.16. The molecule has 3 heteroatoms. The molecule has 0 N–H and O–H groups in total. The molecule has 0 aliphatic carbocycles. The van der Waals surface area contributed by atoms with Crippen LogP contribution >= 0.6 is 0 Å². The van der Waals surface area contributed by atoms with E-state index in [2.05, 4.69) is 0 Å². The predicted octanol–water partition coefficient (Wildman–Crippen LogP) is 0.690. The highest BCUT2D eigenvalue weighted by molar-refractivity contribution is 5.91. The SMILES string of the molecule is CCN(CC)C(=O)[C@@H](C)C=O. The number of aldehydes is 1. The summed E-state index contributed by atoms with van der Waals surface area (Å²) in [6.45, 7) is 6.77. The fraction of sp³-hybridized carbons (Fsp3) is 0.750. The van der Waals surface area contributed by atoms with Crippen LogP contribution in [0.5, 0.6) is 0 Å². The van der Waals surface area contributed by atoms with Crippen LogP contribution < -0.4 is 0 Å². The number of hydrogen-bond acceptors (Lipinski definition) is 2. The molecule has 0 aliphatic heterocycles. The van der Waals surface area contributed by atoms with E-state index in [9.17, 15) is 9.59 Å². The Hall–Kier alpha value is -0.860. The first-order chi connectivity index (χ1) is 5.17. The monoisotopic (exact) mass is 157 g/mol. The van der Waals surface area contributed by atoms with Crippen LogP contribution in [0.15, 0.2) is 0 Å². The third kappa shape index (κ3) is 2.70. The second-order valence-corrected chi connectivity index (χ2v) is 2.44. The summed E-state index contributed by atoms with van der Waals surface area (Å²) in [6, 6.07) is 0. The van der Waals surface area contributed by atoms with Gasteiger partial charge in [-0.1, -0.05) is 0 Å². The molecule has 0 heterocycles. The quantitative estimate of drug-likeness (QED) is 0.444. The van der Waals surface area contributed by atoms with Gasteiger partial charge in [-0.2, -0.15) is 0 Å². The molecule has 0 unspecified atom stereocenters. The molecule has 0 aliphatic rings. The summed E-state index contributed by atoms with van der Waals surface area (Å²) in [4.78, 5) is 23.1. The first kappa shape index (κ1) is 10.1. The van der Waals surface area contributed by atoms with Crippen molar-refractivity contribution >= 4 is 12.2 Å². The van der Waals surface area contributed by atoms with E-state index in [0.717, 1.165) is 0 Å². The van der Waals surface area contributed by atoms with Gasteiger partial charge >= 0.3 is 0 Å². The van der Waals surface area contributed by atoms with Crippen LogP contribution in [0.2, 0.25) is 0 Å². The Morgan fingerprint density at radius 3 is 2.18 bits per heavy atom. The van der Waals surface area contributed by atoms with Gasteiger partial charge in [0, 0.05) is 13.1 Å². The lowest BCUT2D eigenvalue weighted by atomic mass is 10.2. The second-order valence-electron chi connectivity index (χ2n) is 2.44. The molecule has 64 valence electrons. The van der Waals surface area contributed by atoms with E-state index in [1.54, 1.807) is 11.8 Å². The molecular formula is C8H15NO2. The van der Waals surface area contributed by atoms with Crippen molar-refractivity contribution in [3.05, 3.63) is 0 Å². The van der Waals surface area contributed by atoms with Gasteiger partial charge in [-0.25, -0.2) is 0 Å². The Bertz CT molecular complexity index is 141. The number of nitrogens with zero attached hydrogens (tertiary/aromatic N) is 1. The van der Waals surface area contributed by atoms with Crippen LogP contribution in [0.1, 0.15) is 20.8 Å². The molecule has 3 nitrogen and oxygen atoms in total. The fourth-order valence-corrected chi connectivity index (χ4v) is 0.881. The van der Waals surface area contributed by atoms with Gasteiger partial charge in [-0.05, 0) is 20.8 Å². The van der Waals surface area contributed by atoms with Crippen molar-refractivity contribution in [3.8, 4) is 0 Å². The zero-order valence-electron chi connectivity index (χ0n) is 7.33. The molecule has 0 saturated heterocycles. The van der Waals surface area contributed by atoms with Crippen molar-refractivity contribution in [2.45, 2.75) is 20.8 Å². The van der Waals surface area contributed by atoms with E-state index in [4.69, 9.17) is 0 Å². The van der Waals surface area contributed by atoms with Crippen LogP contribution in [0.25, 0.3) is 0 Å². The Morgan fingerprint density at radius 2 is 1.91 bits per heavy atom. The molecule has 11 heavy (non-hydrogen) atoms. The summed E-state index contributed by atoms with van der Waals surface area (Å²) in [5.41, 5.74) is 0. The van der Waals surface area contributed by atoms with Gasteiger partial charge in [0.05, 0.1) is 5.92 Å². The van der Waals surface area contributed by atoms with Crippen LogP contribution in [-0.2, 0) is 9.59 Å². The molecule has 0 spiro atoms. The van der Waals surface area contributed by atoms with Crippen LogP contribution in [-0.4, -0.2) is 30.2 Å². The fourth-order valence-electron chi connectivity index (χ4n) is 0.881. The van der Waals surface area contributed by atoms with E-state index in [1.165, 1.54) is 0 Å². The minimum atomic E-state index is -0.491. The lowest BCUT2D eigenvalue weighted by Crippen LogP contribution is -2.35. The molecule has 0 rings (SSSR count). The Balaban J connectivity index is 4.08. The number of amides is 1. The average Bonchev–Trinajstić information content (AvgIpc) is 2.05. The molecule has 0 aromatic carbocycles. The molecular weight excluding hydrogens is 142 g/mol. The Morgan fingerprint density at radius 1 is 1.45 bits per heavy atom. The van der Waals surface area contributed by atoms with Gasteiger partial charge in [-0.15, -0.1) is 0 Å². The van der Waals surface area contributed by atoms with Crippen molar-refractivity contribution in [3.63, 3.8) is 0 Å². The highest BCUT2D eigenvalue weighted by Crippen LogP contribution is 1.98. The highest BCUT2D eigenvalue weighted by atomic mass is 16.2. The molecule has 1 atom stereocenters. The summed E-state index contributed by atoms with van der Waals surface area (Å²) in [5.74, 6) is -0.570. The van der Waals surface area contributed by atoms with Crippen molar-refractivity contribution in [1.82, 2.24) is 4.90 Å². The lowest BCUT2D eigenvalue weighted by Gasteiger charge is -2.19. The van der Waals surface area contributed by atoms with Crippen molar-refractivity contribution < 1.29 is 9.59 Å². The van der Waals surface area contributed by atoms with Gasteiger partial charge in [0.2, 0.25) is 5.91 Å². The maximum Gasteiger partial charge on any atom is 0.232 e. The minimum absolute atomic E-state index is 0.0787. The smallest absolute Gasteiger partial charge is 0.232 e. The van der Waals surface area contributed by atoms with Gasteiger partial charge < -0.3 is 9.69 Å². The van der Waals surface area contributed by atoms with Crippen molar-refractivity contribution in [2.24, 2.45) is 5.92 Å². The zero-order valence-corrected chi connectivity index (χ0v) is 7.33. The maximum atomic E-state index is 11.2. The molecule has 0 saturated carbocycles. The van der Waals surface area contributed by atoms with Gasteiger partial charge in [0.15, 0.2) is 0 Å². The number of rotatable bonds is 4. The standard InChI is InChI=1S/C8H15NO2/c1-4-9(5-2)8(11)7(3)6-10/h6-7H,4-5H2,1-3H3/t7-/m0/s1. The molecule has 0 fully saturated rings. The molecule has 0 aromatic heterocycles. The van der Waals surface area contributed by atoms with E-state index < -0.39 is 5.92 Å². The summed E-state index contributed by atoms with van der Waals surface area (Å²) in [7, 11) is 0. The molecule has 0 bridgehead atoms. The van der Waals surface area contributed by atoms with Crippen LogP contribution in [0.4, 0.5) is 0 Å². The molecule has 0 aromatic rings. The predicted molar refractivity (Wildman–Crippen MR) is 43.2 cm³/mol. The first-order valence-corrected chi connectivity index (χ1v) is 3.91. The summed E-state index contributed by atoms with van der Waals surface area (Å²) < 4.78 is 0. The van der Waals surface area contributed by atoms with E-state index in [1.807, 2.05) is 13.8 Å². The Labute approximate surface area is 67.4 Å². The third-order valence-electron chi connectivity index (χ3n) is 1.67. The summed E-state index contributed by atoms with van der Waals surface area (Å²) in [5, 5.41) is 0. The van der Waals surface area contributed by atoms with Crippen molar-refractivity contribution in [2.75, 3.05) is 13.1 Å². The van der Waals surface area contributed by atoms with E-state index >= 15 is 0 Å². The Kier molecular flexibility index (Phi) is 4.50. The van der Waals surface area contributed by atoms with E-state index in [0.29, 0.717) is 19.4 Å². The topological polar surface area (TPSA) is 37.4 Å². The van der Waals surface area contributed by atoms with Gasteiger partial charge in [-0.3, -0.25) is 4.79 Å². The average molecular weight is 157 g/mol. The lowest BCUT2D eigenvalue weighted by molar-refractivity contribution is -0.136. The van der Waals surface area contributed by atoms with Crippen LogP contribution in [0.3, 0.4) is 0 Å². The molecule has 1 amide bonds. The zero-order chi connectivity index (χ0) is 8.85. The number of carbonyl (C=O) groups is 2. The maximum absolute atomic E-state index is 11.2.